The minimum Gasteiger partial charge on any atom is -0.364 e. The summed E-state index contributed by atoms with van der Waals surface area (Å²) in [4.78, 5) is 10.9. The van der Waals surface area contributed by atoms with Crippen molar-refractivity contribution in [2.45, 2.75) is 19.9 Å². The summed E-state index contributed by atoms with van der Waals surface area (Å²) < 4.78 is 4.80. The molecule has 8 heteroatoms. The number of thiophene rings is 1. The first-order valence-corrected chi connectivity index (χ1v) is 7.02. The Kier molecular flexibility index (Phi) is 3.48. The number of hydrazine groups is 1. The third-order valence-corrected chi connectivity index (χ3v) is 4.02. The molecule has 0 radical (unpaired) electrons. The van der Waals surface area contributed by atoms with Crippen molar-refractivity contribution in [3.05, 3.63) is 29.0 Å². The number of nitrogens with zero attached hydrogens (tertiary/aromatic N) is 3. The highest BCUT2D eigenvalue weighted by Gasteiger charge is 2.11. The van der Waals surface area contributed by atoms with Crippen LogP contribution >= 0.6 is 11.3 Å². The molecular weight excluding hydrogens is 276 g/mol. The molecule has 0 bridgehead atoms. The fourth-order valence-electron chi connectivity index (χ4n) is 1.85. The van der Waals surface area contributed by atoms with E-state index in [9.17, 15) is 0 Å². The van der Waals surface area contributed by atoms with Crippen LogP contribution in [0.2, 0.25) is 0 Å². The van der Waals surface area contributed by atoms with Crippen molar-refractivity contribution in [3.63, 3.8) is 0 Å². The summed E-state index contributed by atoms with van der Waals surface area (Å²) >= 11 is 1.64. The molecule has 3 heterocycles. The first-order valence-electron chi connectivity index (χ1n) is 6.20. The number of aryl methyl sites for hydroxylation is 1. The van der Waals surface area contributed by atoms with Crippen LogP contribution in [0.5, 0.6) is 0 Å². The fraction of sp³-hybridized carbons (Fsp3) is 0.250. The molecule has 4 N–H and O–H groups in total. The molecule has 0 aliphatic carbocycles. The topological polar surface area (TPSA) is 102 Å². The lowest BCUT2D eigenvalue weighted by Gasteiger charge is -2.06. The second kappa shape index (κ2) is 5.43. The van der Waals surface area contributed by atoms with Crippen molar-refractivity contribution in [1.29, 1.82) is 0 Å². The minimum absolute atomic E-state index is 0.393. The van der Waals surface area contributed by atoms with Crippen LogP contribution in [0, 0.1) is 0 Å². The normalized spacial score (nSPS) is 10.9. The highest BCUT2D eigenvalue weighted by atomic mass is 32.1. The van der Waals surface area contributed by atoms with Gasteiger partial charge in [-0.25, -0.2) is 10.8 Å². The maximum atomic E-state index is 5.41. The molecule has 3 aromatic heterocycles. The summed E-state index contributed by atoms with van der Waals surface area (Å²) in [6.07, 6.45) is 2.51. The molecule has 3 rings (SSSR count). The smallest absolute Gasteiger partial charge is 0.240 e. The van der Waals surface area contributed by atoms with Gasteiger partial charge in [0.25, 0.3) is 0 Å². The maximum Gasteiger partial charge on any atom is 0.240 e. The van der Waals surface area contributed by atoms with E-state index in [1.807, 2.05) is 0 Å². The molecule has 0 spiro atoms. The van der Waals surface area contributed by atoms with E-state index in [1.54, 1.807) is 23.7 Å². The summed E-state index contributed by atoms with van der Waals surface area (Å²) in [7, 11) is 0. The van der Waals surface area contributed by atoms with Gasteiger partial charge in [-0.15, -0.1) is 11.3 Å². The highest BCUT2D eigenvalue weighted by Crippen LogP contribution is 2.30. The van der Waals surface area contributed by atoms with Gasteiger partial charge >= 0.3 is 0 Å². The third-order valence-electron chi connectivity index (χ3n) is 2.85. The third kappa shape index (κ3) is 2.43. The van der Waals surface area contributed by atoms with Crippen LogP contribution in [0.3, 0.4) is 0 Å². The SMILES string of the molecule is CCc1cc2c(NCc3ccon3)nc(NN)nc2s1. The zero-order valence-corrected chi connectivity index (χ0v) is 11.7. The van der Waals surface area contributed by atoms with Crippen molar-refractivity contribution in [2.75, 3.05) is 10.7 Å². The van der Waals surface area contributed by atoms with Crippen LogP contribution in [0.15, 0.2) is 22.9 Å². The largest absolute Gasteiger partial charge is 0.364 e. The number of anilines is 2. The quantitative estimate of drug-likeness (QED) is 0.488. The van der Waals surface area contributed by atoms with Crippen LogP contribution in [0.1, 0.15) is 17.5 Å². The number of nitrogens with one attached hydrogen (secondary N) is 2. The van der Waals surface area contributed by atoms with Gasteiger partial charge in [-0.05, 0) is 12.5 Å². The Labute approximate surface area is 119 Å². The predicted octanol–water partition coefficient (Wildman–Crippen LogP) is 2.14. The Morgan fingerprint density at radius 2 is 2.30 bits per heavy atom. The summed E-state index contributed by atoms with van der Waals surface area (Å²) in [6.45, 7) is 2.65. The Balaban J connectivity index is 1.96. The molecule has 3 aromatic rings. The van der Waals surface area contributed by atoms with Crippen molar-refractivity contribution in [3.8, 4) is 0 Å². The lowest BCUT2D eigenvalue weighted by molar-refractivity contribution is 0.412. The van der Waals surface area contributed by atoms with Gasteiger partial charge in [-0.3, -0.25) is 5.43 Å². The van der Waals surface area contributed by atoms with Crippen molar-refractivity contribution in [2.24, 2.45) is 5.84 Å². The van der Waals surface area contributed by atoms with E-state index in [1.165, 1.54) is 4.88 Å². The van der Waals surface area contributed by atoms with Gasteiger partial charge in [0.1, 0.15) is 22.6 Å². The average Bonchev–Trinajstić information content (AvgIpc) is 3.12. The first kappa shape index (κ1) is 12.8. The molecule has 0 fully saturated rings. The Morgan fingerprint density at radius 1 is 1.40 bits per heavy atom. The molecule has 0 atom stereocenters. The minimum atomic E-state index is 0.393. The van der Waals surface area contributed by atoms with Gasteiger partial charge in [-0.1, -0.05) is 12.1 Å². The van der Waals surface area contributed by atoms with Crippen LogP contribution < -0.4 is 16.6 Å². The predicted molar refractivity (Wildman–Crippen MR) is 78.4 cm³/mol. The number of hydrogen-bond donors (Lipinski definition) is 3. The Morgan fingerprint density at radius 3 is 3.00 bits per heavy atom. The molecule has 104 valence electrons. The fourth-order valence-corrected chi connectivity index (χ4v) is 2.82. The summed E-state index contributed by atoms with van der Waals surface area (Å²) in [5.41, 5.74) is 3.30. The number of rotatable bonds is 5. The molecule has 20 heavy (non-hydrogen) atoms. The van der Waals surface area contributed by atoms with E-state index in [-0.39, 0.29) is 0 Å². The van der Waals surface area contributed by atoms with Crippen LogP contribution in [0.25, 0.3) is 10.2 Å². The van der Waals surface area contributed by atoms with Gasteiger partial charge in [0.15, 0.2) is 0 Å². The van der Waals surface area contributed by atoms with Crippen LogP contribution in [-0.2, 0) is 13.0 Å². The molecular formula is C12H14N6OS. The summed E-state index contributed by atoms with van der Waals surface area (Å²) in [6, 6.07) is 3.91. The zero-order chi connectivity index (χ0) is 13.9. The number of nitrogens with two attached hydrogens (primary N) is 1. The molecule has 0 aliphatic rings. The van der Waals surface area contributed by atoms with Crippen LogP contribution in [-0.4, -0.2) is 15.1 Å². The number of fused-ring (bicyclic) bond motifs is 1. The van der Waals surface area contributed by atoms with Gasteiger partial charge in [-0.2, -0.15) is 4.98 Å². The standard InChI is InChI=1S/C12H14N6OS/c1-2-8-5-9-10(14-6-7-3-4-19-18-7)15-12(17-13)16-11(9)20-8/h3-5H,2,6,13H2,1H3,(H2,14,15,16,17). The van der Waals surface area contributed by atoms with E-state index in [2.05, 4.69) is 38.9 Å². The first-order chi connectivity index (χ1) is 9.80. The molecule has 0 aromatic carbocycles. The van der Waals surface area contributed by atoms with E-state index in [0.29, 0.717) is 12.5 Å². The summed E-state index contributed by atoms with van der Waals surface area (Å²) in [5.74, 6) is 6.55. The molecule has 0 unspecified atom stereocenters. The Bertz CT molecular complexity index is 708. The van der Waals surface area contributed by atoms with Crippen molar-refractivity contribution in [1.82, 2.24) is 15.1 Å². The summed E-state index contributed by atoms with van der Waals surface area (Å²) in [5, 5.41) is 8.09. The van der Waals surface area contributed by atoms with E-state index < -0.39 is 0 Å². The van der Waals surface area contributed by atoms with E-state index >= 15 is 0 Å². The number of aromatic nitrogens is 3. The van der Waals surface area contributed by atoms with Gasteiger partial charge in [0.2, 0.25) is 5.95 Å². The monoisotopic (exact) mass is 290 g/mol. The zero-order valence-electron chi connectivity index (χ0n) is 10.9. The molecule has 0 saturated carbocycles. The Hall–Kier alpha value is -2.19. The average molecular weight is 290 g/mol. The van der Waals surface area contributed by atoms with Crippen LogP contribution in [0.4, 0.5) is 11.8 Å². The van der Waals surface area contributed by atoms with Crippen molar-refractivity contribution < 1.29 is 4.52 Å². The maximum absolute atomic E-state index is 5.41. The van der Waals surface area contributed by atoms with E-state index in [4.69, 9.17) is 10.4 Å². The number of nitrogen functional groups attached to an aromatic ring is 1. The number of hydrogen-bond acceptors (Lipinski definition) is 8. The molecule has 0 amide bonds. The lowest BCUT2D eigenvalue weighted by Crippen LogP contribution is -2.12. The van der Waals surface area contributed by atoms with Gasteiger partial charge in [0.05, 0.1) is 11.9 Å². The second-order valence-electron chi connectivity index (χ2n) is 4.17. The highest BCUT2D eigenvalue weighted by molar-refractivity contribution is 7.18. The molecule has 7 nitrogen and oxygen atoms in total. The molecule has 0 aliphatic heterocycles. The van der Waals surface area contributed by atoms with Gasteiger partial charge in [0, 0.05) is 10.9 Å². The lowest BCUT2D eigenvalue weighted by atomic mass is 10.3. The second-order valence-corrected chi connectivity index (χ2v) is 5.28. The van der Waals surface area contributed by atoms with Gasteiger partial charge < -0.3 is 9.84 Å². The van der Waals surface area contributed by atoms with Crippen molar-refractivity contribution >= 4 is 33.3 Å². The molecule has 0 saturated heterocycles. The van der Waals surface area contributed by atoms with E-state index in [0.717, 1.165) is 28.1 Å².